The van der Waals surface area contributed by atoms with Crippen LogP contribution in [0.5, 0.6) is 0 Å². The van der Waals surface area contributed by atoms with E-state index in [9.17, 15) is 13.2 Å². The lowest BCUT2D eigenvalue weighted by molar-refractivity contribution is 0.449. The van der Waals surface area contributed by atoms with Gasteiger partial charge in [0.2, 0.25) is 0 Å². The summed E-state index contributed by atoms with van der Waals surface area (Å²) in [5.41, 5.74) is 2.23. The van der Waals surface area contributed by atoms with Crippen LogP contribution in [-0.2, 0) is 0 Å². The van der Waals surface area contributed by atoms with Gasteiger partial charge in [0.1, 0.15) is 0 Å². The second-order valence-electron chi connectivity index (χ2n) is 4.63. The molecule has 0 aliphatic carbocycles. The van der Waals surface area contributed by atoms with Gasteiger partial charge in [0, 0.05) is 5.56 Å². The Bertz CT molecular complexity index is 780. The van der Waals surface area contributed by atoms with Gasteiger partial charge >= 0.3 is 0 Å². The Morgan fingerprint density at radius 1 is 0.476 bits per heavy atom. The molecule has 0 heterocycles. The molecule has 3 heteroatoms. The maximum Gasteiger partial charge on any atom is 0.195 e. The third kappa shape index (κ3) is 2.42. The van der Waals surface area contributed by atoms with E-state index in [-0.39, 0.29) is 5.56 Å². The van der Waals surface area contributed by atoms with Crippen molar-refractivity contribution in [3.63, 3.8) is 0 Å². The summed E-state index contributed by atoms with van der Waals surface area (Å²) in [5.74, 6) is -3.80. The summed E-state index contributed by atoms with van der Waals surface area (Å²) in [6.45, 7) is 0. The predicted molar refractivity (Wildman–Crippen MR) is 77.2 cm³/mol. The van der Waals surface area contributed by atoms with Crippen molar-refractivity contribution in [1.29, 1.82) is 0 Å². The zero-order valence-corrected chi connectivity index (χ0v) is 11.0. The number of hydrogen-bond acceptors (Lipinski definition) is 0. The molecule has 0 nitrogen and oxygen atoms in total. The Kier molecular flexibility index (Phi) is 3.48. The van der Waals surface area contributed by atoms with Gasteiger partial charge in [-0.05, 0) is 28.8 Å². The normalized spacial score (nSPS) is 10.6. The van der Waals surface area contributed by atoms with Crippen LogP contribution in [0.4, 0.5) is 13.2 Å². The molecular formula is C18H11F3. The van der Waals surface area contributed by atoms with Gasteiger partial charge in [-0.3, -0.25) is 0 Å². The Labute approximate surface area is 120 Å². The first kappa shape index (κ1) is 13.4. The predicted octanol–water partition coefficient (Wildman–Crippen LogP) is 5.44. The molecule has 0 N–H and O–H groups in total. The summed E-state index contributed by atoms with van der Waals surface area (Å²) >= 11 is 0. The standard InChI is InChI=1S/C18H11F3/c19-16-11-10-15(17(20)18(16)21)14-9-5-4-8-13(14)12-6-2-1-3-7-12/h1-11H. The van der Waals surface area contributed by atoms with Crippen molar-refractivity contribution >= 4 is 0 Å². The zero-order valence-electron chi connectivity index (χ0n) is 11.0. The molecule has 0 amide bonds. The van der Waals surface area contributed by atoms with Crippen molar-refractivity contribution in [2.24, 2.45) is 0 Å². The number of rotatable bonds is 2. The van der Waals surface area contributed by atoms with Gasteiger partial charge in [-0.1, -0.05) is 54.6 Å². The van der Waals surface area contributed by atoms with Gasteiger partial charge in [-0.15, -0.1) is 0 Å². The summed E-state index contributed by atoms with van der Waals surface area (Å²) in [6.07, 6.45) is 0. The fraction of sp³-hybridized carbons (Fsp3) is 0. The SMILES string of the molecule is Fc1ccc(-c2ccccc2-c2ccccc2)c(F)c1F. The van der Waals surface area contributed by atoms with Crippen LogP contribution in [0, 0.1) is 17.5 Å². The fourth-order valence-electron chi connectivity index (χ4n) is 2.32. The second-order valence-corrected chi connectivity index (χ2v) is 4.63. The first-order valence-electron chi connectivity index (χ1n) is 6.47. The maximum absolute atomic E-state index is 14.0. The molecule has 0 aliphatic heterocycles. The molecular weight excluding hydrogens is 273 g/mol. The van der Waals surface area contributed by atoms with Crippen molar-refractivity contribution in [3.8, 4) is 22.3 Å². The van der Waals surface area contributed by atoms with Crippen LogP contribution in [-0.4, -0.2) is 0 Å². The van der Waals surface area contributed by atoms with Crippen LogP contribution in [0.15, 0.2) is 66.7 Å². The van der Waals surface area contributed by atoms with E-state index in [1.165, 1.54) is 6.07 Å². The molecule has 3 aromatic carbocycles. The van der Waals surface area contributed by atoms with E-state index in [0.29, 0.717) is 5.56 Å². The highest BCUT2D eigenvalue weighted by molar-refractivity contribution is 5.83. The first-order chi connectivity index (χ1) is 10.2. The lowest BCUT2D eigenvalue weighted by Crippen LogP contribution is -1.95. The average molecular weight is 284 g/mol. The monoisotopic (exact) mass is 284 g/mol. The molecule has 0 radical (unpaired) electrons. The molecule has 21 heavy (non-hydrogen) atoms. The van der Waals surface area contributed by atoms with Crippen molar-refractivity contribution < 1.29 is 13.2 Å². The Morgan fingerprint density at radius 3 is 1.81 bits per heavy atom. The quantitative estimate of drug-likeness (QED) is 0.550. The molecule has 104 valence electrons. The fourth-order valence-corrected chi connectivity index (χ4v) is 2.32. The molecule has 0 unspecified atom stereocenters. The highest BCUT2D eigenvalue weighted by atomic mass is 19.2. The van der Waals surface area contributed by atoms with Gasteiger partial charge in [-0.2, -0.15) is 0 Å². The smallest absolute Gasteiger partial charge is 0.195 e. The number of halogens is 3. The van der Waals surface area contributed by atoms with Gasteiger partial charge in [0.25, 0.3) is 0 Å². The van der Waals surface area contributed by atoms with Gasteiger partial charge in [0.15, 0.2) is 17.5 Å². The van der Waals surface area contributed by atoms with Crippen molar-refractivity contribution in [2.45, 2.75) is 0 Å². The molecule has 0 saturated heterocycles. The van der Waals surface area contributed by atoms with E-state index in [2.05, 4.69) is 0 Å². The van der Waals surface area contributed by atoms with E-state index in [0.717, 1.165) is 17.2 Å². The minimum absolute atomic E-state index is 0.0494. The van der Waals surface area contributed by atoms with Crippen molar-refractivity contribution in [3.05, 3.63) is 84.2 Å². The van der Waals surface area contributed by atoms with E-state index >= 15 is 0 Å². The molecule has 0 fully saturated rings. The largest absolute Gasteiger partial charge is 0.204 e. The third-order valence-corrected chi connectivity index (χ3v) is 3.34. The topological polar surface area (TPSA) is 0 Å². The average Bonchev–Trinajstić information content (AvgIpc) is 2.54. The minimum atomic E-state index is -1.45. The Hall–Kier alpha value is -2.55. The molecule has 0 atom stereocenters. The van der Waals surface area contributed by atoms with Crippen LogP contribution in [0.1, 0.15) is 0 Å². The van der Waals surface area contributed by atoms with E-state index in [1.54, 1.807) is 12.1 Å². The summed E-state index contributed by atoms with van der Waals surface area (Å²) in [7, 11) is 0. The Balaban J connectivity index is 2.23. The molecule has 0 aromatic heterocycles. The summed E-state index contributed by atoms with van der Waals surface area (Å²) in [5, 5.41) is 0. The maximum atomic E-state index is 14.0. The first-order valence-corrected chi connectivity index (χ1v) is 6.47. The lowest BCUT2D eigenvalue weighted by atomic mass is 9.94. The van der Waals surface area contributed by atoms with Gasteiger partial charge in [-0.25, -0.2) is 13.2 Å². The lowest BCUT2D eigenvalue weighted by Gasteiger charge is -2.11. The van der Waals surface area contributed by atoms with Crippen molar-refractivity contribution in [2.75, 3.05) is 0 Å². The summed E-state index contributed by atoms with van der Waals surface area (Å²) < 4.78 is 40.6. The van der Waals surface area contributed by atoms with E-state index < -0.39 is 17.5 Å². The highest BCUT2D eigenvalue weighted by Crippen LogP contribution is 2.34. The zero-order chi connectivity index (χ0) is 14.8. The molecule has 0 aliphatic rings. The van der Waals surface area contributed by atoms with E-state index in [1.807, 2.05) is 42.5 Å². The van der Waals surface area contributed by atoms with E-state index in [4.69, 9.17) is 0 Å². The number of benzene rings is 3. The van der Waals surface area contributed by atoms with Crippen LogP contribution in [0.25, 0.3) is 22.3 Å². The van der Waals surface area contributed by atoms with Crippen LogP contribution in [0.2, 0.25) is 0 Å². The third-order valence-electron chi connectivity index (χ3n) is 3.34. The molecule has 0 bridgehead atoms. The molecule has 0 saturated carbocycles. The van der Waals surface area contributed by atoms with Gasteiger partial charge < -0.3 is 0 Å². The highest BCUT2D eigenvalue weighted by Gasteiger charge is 2.17. The van der Waals surface area contributed by atoms with Crippen LogP contribution >= 0.6 is 0 Å². The van der Waals surface area contributed by atoms with Crippen LogP contribution in [0.3, 0.4) is 0 Å². The molecule has 3 rings (SSSR count). The number of hydrogen-bond donors (Lipinski definition) is 0. The molecule has 3 aromatic rings. The molecule has 0 spiro atoms. The van der Waals surface area contributed by atoms with Crippen molar-refractivity contribution in [1.82, 2.24) is 0 Å². The summed E-state index contributed by atoms with van der Waals surface area (Å²) in [4.78, 5) is 0. The Morgan fingerprint density at radius 2 is 1.10 bits per heavy atom. The van der Waals surface area contributed by atoms with Gasteiger partial charge in [0.05, 0.1) is 0 Å². The minimum Gasteiger partial charge on any atom is -0.204 e. The second kappa shape index (κ2) is 5.44. The van der Waals surface area contributed by atoms with Crippen LogP contribution < -0.4 is 0 Å². The summed E-state index contributed by atoms with van der Waals surface area (Å²) in [6, 6.07) is 18.7.